The fourth-order valence-electron chi connectivity index (χ4n) is 5.24. The molecule has 3 aliphatic rings. The van der Waals surface area contributed by atoms with Crippen LogP contribution in [-0.4, -0.2) is 41.2 Å². The average molecular weight is 459 g/mol. The zero-order valence-corrected chi connectivity index (χ0v) is 19.1. The molecule has 6 rings (SSSR count). The third-order valence-corrected chi connectivity index (χ3v) is 8.12. The molecule has 1 aliphatic heterocycles. The number of methoxy groups -OCH3 is 1. The smallest absolute Gasteiger partial charge is 0.271 e. The second kappa shape index (κ2) is 7.31. The number of ether oxygens (including phenoxy) is 1. The maximum atomic E-state index is 15.6. The summed E-state index contributed by atoms with van der Waals surface area (Å²) < 4.78 is 26.1. The lowest BCUT2D eigenvalue weighted by Crippen LogP contribution is -2.36. The number of benzene rings is 1. The van der Waals surface area contributed by atoms with E-state index in [-0.39, 0.29) is 16.8 Å². The zero-order valence-electron chi connectivity index (χ0n) is 18.2. The highest BCUT2D eigenvalue weighted by Crippen LogP contribution is 2.46. The van der Waals surface area contributed by atoms with Gasteiger partial charge < -0.3 is 19.5 Å². The molecule has 3 fully saturated rings. The molecule has 0 spiro atoms. The molecule has 0 bridgehead atoms. The monoisotopic (exact) mass is 458 g/mol. The minimum atomic E-state index is -0.469. The minimum Gasteiger partial charge on any atom is -0.492 e. The van der Waals surface area contributed by atoms with Crippen LogP contribution in [-0.2, 0) is 0 Å². The minimum absolute atomic E-state index is 0.116. The molecule has 3 aromatic rings. The van der Waals surface area contributed by atoms with Crippen molar-refractivity contribution in [2.24, 2.45) is 5.92 Å². The summed E-state index contributed by atoms with van der Waals surface area (Å²) in [5.74, 6) is 0.358. The molecule has 2 atom stereocenters. The number of rotatable bonds is 6. The van der Waals surface area contributed by atoms with Crippen LogP contribution in [0.1, 0.15) is 45.1 Å². The molecule has 1 saturated heterocycles. The van der Waals surface area contributed by atoms with Gasteiger partial charge in [-0.15, -0.1) is 0 Å². The van der Waals surface area contributed by atoms with Crippen molar-refractivity contribution >= 4 is 38.3 Å². The van der Waals surface area contributed by atoms with Gasteiger partial charge in [0.05, 0.1) is 18.0 Å². The van der Waals surface area contributed by atoms with E-state index in [9.17, 15) is 9.59 Å². The summed E-state index contributed by atoms with van der Waals surface area (Å²) in [4.78, 5) is 28.2. The number of H-pyrrole nitrogens is 1. The Morgan fingerprint density at radius 3 is 2.72 bits per heavy atom. The van der Waals surface area contributed by atoms with E-state index in [1.54, 1.807) is 0 Å². The standard InChI is InChI=1S/C23H27FN4O3S/c1-11(25-13-3-4-13)12-7-8-27(10-12)19-16(24)9-15-18(21(19)31-2)28(14-5-6-14)23-17(20(15)29)22(30)26-32-23/h9,11-14,25H,3-8,10H2,1-2H3,(H,26,30)/t11?,12-/m1/s1. The van der Waals surface area contributed by atoms with Gasteiger partial charge in [-0.25, -0.2) is 4.39 Å². The Kier molecular flexibility index (Phi) is 4.62. The van der Waals surface area contributed by atoms with Crippen molar-refractivity contribution in [1.82, 2.24) is 14.3 Å². The molecule has 7 nitrogen and oxygen atoms in total. The first kappa shape index (κ1) is 20.2. The molecule has 2 N–H and O–H groups in total. The number of halogens is 1. The molecule has 2 aromatic heterocycles. The summed E-state index contributed by atoms with van der Waals surface area (Å²) >= 11 is 1.17. The Labute approximate surface area is 188 Å². The third kappa shape index (κ3) is 3.08. The van der Waals surface area contributed by atoms with Crippen LogP contribution in [0.3, 0.4) is 0 Å². The molecule has 1 aromatic carbocycles. The number of pyridine rings is 1. The van der Waals surface area contributed by atoms with Crippen molar-refractivity contribution in [3.63, 3.8) is 0 Å². The molecule has 2 aliphatic carbocycles. The summed E-state index contributed by atoms with van der Waals surface area (Å²) in [5, 5.41) is 4.00. The van der Waals surface area contributed by atoms with Crippen molar-refractivity contribution in [3.05, 3.63) is 32.5 Å². The lowest BCUT2D eigenvalue weighted by Gasteiger charge is -2.26. The highest BCUT2D eigenvalue weighted by atomic mass is 32.1. The van der Waals surface area contributed by atoms with E-state index in [1.165, 1.54) is 37.6 Å². The Bertz CT molecular complexity index is 1340. The number of aromatic amines is 1. The molecule has 2 saturated carbocycles. The fraction of sp³-hybridized carbons (Fsp3) is 0.565. The SMILES string of the molecule is COc1c(N2CC[C@@H](C(C)NC3CC3)C2)c(F)cc2c(=O)c3c(=O)[nH]sc3n(C3CC3)c12. The second-order valence-corrected chi connectivity index (χ2v) is 10.3. The van der Waals surface area contributed by atoms with Crippen LogP contribution in [0.5, 0.6) is 5.75 Å². The van der Waals surface area contributed by atoms with Gasteiger partial charge in [0.15, 0.2) is 11.6 Å². The highest BCUT2D eigenvalue weighted by Gasteiger charge is 2.36. The maximum absolute atomic E-state index is 15.6. The van der Waals surface area contributed by atoms with E-state index < -0.39 is 16.8 Å². The molecule has 9 heteroatoms. The van der Waals surface area contributed by atoms with Gasteiger partial charge in [-0.2, -0.15) is 0 Å². The van der Waals surface area contributed by atoms with E-state index >= 15 is 4.39 Å². The largest absolute Gasteiger partial charge is 0.492 e. The first-order chi connectivity index (χ1) is 15.5. The molecule has 3 heterocycles. The lowest BCUT2D eigenvalue weighted by molar-refractivity contribution is 0.397. The van der Waals surface area contributed by atoms with E-state index in [1.807, 2.05) is 4.57 Å². The van der Waals surface area contributed by atoms with Crippen molar-refractivity contribution in [2.75, 3.05) is 25.1 Å². The first-order valence-corrected chi connectivity index (χ1v) is 12.3. The predicted octanol–water partition coefficient (Wildman–Crippen LogP) is 3.35. The quantitative estimate of drug-likeness (QED) is 0.592. The van der Waals surface area contributed by atoms with Crippen LogP contribution in [0.4, 0.5) is 10.1 Å². The van der Waals surface area contributed by atoms with Gasteiger partial charge in [0.25, 0.3) is 5.56 Å². The Morgan fingerprint density at radius 2 is 2.03 bits per heavy atom. The van der Waals surface area contributed by atoms with Crippen molar-refractivity contribution in [1.29, 1.82) is 0 Å². The van der Waals surface area contributed by atoms with Crippen LogP contribution in [0.15, 0.2) is 15.7 Å². The number of fused-ring (bicyclic) bond motifs is 2. The fourth-order valence-corrected chi connectivity index (χ4v) is 6.16. The van der Waals surface area contributed by atoms with Gasteiger partial charge in [-0.05, 0) is 62.5 Å². The number of anilines is 1. The highest BCUT2D eigenvalue weighted by molar-refractivity contribution is 7.12. The van der Waals surface area contributed by atoms with Crippen LogP contribution in [0.2, 0.25) is 0 Å². The molecule has 32 heavy (non-hydrogen) atoms. The summed E-state index contributed by atoms with van der Waals surface area (Å²) in [6, 6.07) is 2.51. The van der Waals surface area contributed by atoms with Crippen LogP contribution in [0, 0.1) is 11.7 Å². The average Bonchev–Trinajstić information content (AvgIpc) is 3.69. The lowest BCUT2D eigenvalue weighted by atomic mass is 10.0. The van der Waals surface area contributed by atoms with Gasteiger partial charge in [-0.1, -0.05) is 0 Å². The Morgan fingerprint density at radius 1 is 1.25 bits per heavy atom. The molecular formula is C23H27FN4O3S. The normalized spacial score (nSPS) is 22.2. The van der Waals surface area contributed by atoms with E-state index in [4.69, 9.17) is 4.74 Å². The first-order valence-electron chi connectivity index (χ1n) is 11.4. The van der Waals surface area contributed by atoms with Gasteiger partial charge >= 0.3 is 0 Å². The third-order valence-electron chi connectivity index (χ3n) is 7.24. The Hall–Kier alpha value is -2.39. The topological polar surface area (TPSA) is 79.4 Å². The van der Waals surface area contributed by atoms with Crippen LogP contribution < -0.4 is 25.9 Å². The summed E-state index contributed by atoms with van der Waals surface area (Å²) in [6.07, 6.45) is 5.39. The summed E-state index contributed by atoms with van der Waals surface area (Å²) in [6.45, 7) is 3.70. The number of aromatic nitrogens is 2. The van der Waals surface area contributed by atoms with Gasteiger partial charge in [0.1, 0.15) is 15.9 Å². The van der Waals surface area contributed by atoms with Crippen molar-refractivity contribution in [3.8, 4) is 5.75 Å². The Balaban J connectivity index is 1.52. The van der Waals surface area contributed by atoms with E-state index in [2.05, 4.69) is 21.5 Å². The number of hydrogen-bond acceptors (Lipinski definition) is 6. The molecule has 170 valence electrons. The summed E-state index contributed by atoms with van der Waals surface area (Å²) in [5.41, 5.74) is 0.192. The van der Waals surface area contributed by atoms with Gasteiger partial charge in [-0.3, -0.25) is 14.0 Å². The second-order valence-electron chi connectivity index (χ2n) is 9.50. The van der Waals surface area contributed by atoms with Gasteiger partial charge in [0.2, 0.25) is 5.43 Å². The zero-order chi connectivity index (χ0) is 22.1. The van der Waals surface area contributed by atoms with E-state index in [0.717, 1.165) is 32.4 Å². The molecule has 0 radical (unpaired) electrons. The van der Waals surface area contributed by atoms with E-state index in [0.29, 0.717) is 39.8 Å². The maximum Gasteiger partial charge on any atom is 0.271 e. The number of nitrogens with zero attached hydrogens (tertiary/aromatic N) is 2. The predicted molar refractivity (Wildman–Crippen MR) is 125 cm³/mol. The number of nitrogens with one attached hydrogen (secondary N) is 2. The molecule has 0 amide bonds. The van der Waals surface area contributed by atoms with Crippen molar-refractivity contribution in [2.45, 2.75) is 57.2 Å². The van der Waals surface area contributed by atoms with Crippen molar-refractivity contribution < 1.29 is 9.13 Å². The molecule has 1 unspecified atom stereocenters. The van der Waals surface area contributed by atoms with Gasteiger partial charge in [0, 0.05) is 31.2 Å². The van der Waals surface area contributed by atoms with Crippen LogP contribution in [0.25, 0.3) is 21.1 Å². The number of hydrogen-bond donors (Lipinski definition) is 2. The summed E-state index contributed by atoms with van der Waals surface area (Å²) in [7, 11) is 1.54. The molecular weight excluding hydrogens is 431 g/mol. The van der Waals surface area contributed by atoms with Crippen LogP contribution >= 0.6 is 11.5 Å².